The van der Waals surface area contributed by atoms with Gasteiger partial charge >= 0.3 is 0 Å². The lowest BCUT2D eigenvalue weighted by molar-refractivity contribution is 0.100. The zero-order valence-electron chi connectivity index (χ0n) is 17.3. The largest absolute Gasteiger partial charge is 0.396 e. The summed E-state index contributed by atoms with van der Waals surface area (Å²) >= 11 is 3.02. The minimum atomic E-state index is -0.596. The van der Waals surface area contributed by atoms with Gasteiger partial charge in [0.1, 0.15) is 5.01 Å². The molecule has 3 heterocycles. The number of hydrogen-bond donors (Lipinski definition) is 3. The Morgan fingerprint density at radius 3 is 2.55 bits per heavy atom. The minimum Gasteiger partial charge on any atom is -0.396 e. The number of nitrogens with two attached hydrogens (primary N) is 3. The van der Waals surface area contributed by atoms with Crippen LogP contribution in [0.2, 0.25) is 0 Å². The van der Waals surface area contributed by atoms with Gasteiger partial charge < -0.3 is 17.2 Å². The number of nitrogen functional groups attached to an aromatic ring is 1. The molecule has 29 heavy (non-hydrogen) atoms. The van der Waals surface area contributed by atoms with E-state index in [9.17, 15) is 4.79 Å². The van der Waals surface area contributed by atoms with Gasteiger partial charge in [0.25, 0.3) is 5.91 Å². The number of hydrogen-bond acceptors (Lipinski definition) is 8. The van der Waals surface area contributed by atoms with E-state index < -0.39 is 5.91 Å². The fraction of sp³-hybridized carbons (Fsp3) is 0.474. The predicted octanol–water partition coefficient (Wildman–Crippen LogP) is 3.42. The maximum atomic E-state index is 11.3. The Bertz CT molecular complexity index is 959. The van der Waals surface area contributed by atoms with Gasteiger partial charge in [-0.25, -0.2) is 4.52 Å². The first-order valence-corrected chi connectivity index (χ1v) is 11.3. The Hall–Kier alpha value is -2.17. The first-order valence-electron chi connectivity index (χ1n) is 9.31. The van der Waals surface area contributed by atoms with E-state index in [1.54, 1.807) is 10.7 Å². The van der Waals surface area contributed by atoms with Gasteiger partial charge in [-0.1, -0.05) is 50.3 Å². The van der Waals surface area contributed by atoms with Crippen LogP contribution in [-0.2, 0) is 0 Å². The number of nitrogens with zero attached hydrogens (tertiary/aromatic N) is 4. The van der Waals surface area contributed by atoms with Crippen molar-refractivity contribution >= 4 is 40.2 Å². The summed E-state index contributed by atoms with van der Waals surface area (Å²) in [7, 11) is 0. The van der Waals surface area contributed by atoms with Gasteiger partial charge in [-0.15, -0.1) is 10.2 Å². The first kappa shape index (κ1) is 23.1. The van der Waals surface area contributed by atoms with E-state index in [2.05, 4.69) is 36.1 Å². The molecule has 8 nitrogen and oxygen atoms in total. The normalized spacial score (nSPS) is 11.3. The number of unbranched alkanes of at least 4 members (excludes halogenated alkanes) is 1. The SMILES string of the molecule is CC(C)(C)CCCCN.CSc1nnc(-c2cc3c(N)c(C(N)=O)cnn3c2)s1. The maximum Gasteiger partial charge on any atom is 0.252 e. The van der Waals surface area contributed by atoms with Crippen molar-refractivity contribution in [2.75, 3.05) is 18.5 Å². The van der Waals surface area contributed by atoms with Gasteiger partial charge in [-0.05, 0) is 37.1 Å². The van der Waals surface area contributed by atoms with Crippen molar-refractivity contribution in [3.8, 4) is 10.6 Å². The third-order valence-electron chi connectivity index (χ3n) is 4.15. The van der Waals surface area contributed by atoms with Crippen molar-refractivity contribution < 1.29 is 4.79 Å². The van der Waals surface area contributed by atoms with Crippen LogP contribution in [0.25, 0.3) is 16.1 Å². The highest BCUT2D eigenvalue weighted by Gasteiger charge is 2.14. The van der Waals surface area contributed by atoms with Crippen LogP contribution >= 0.6 is 23.1 Å². The fourth-order valence-electron chi connectivity index (χ4n) is 2.60. The quantitative estimate of drug-likeness (QED) is 0.398. The molecule has 0 bridgehead atoms. The number of thioether (sulfide) groups is 1. The second-order valence-electron chi connectivity index (χ2n) is 7.78. The lowest BCUT2D eigenvalue weighted by Crippen LogP contribution is -2.15. The van der Waals surface area contributed by atoms with E-state index in [0.717, 1.165) is 21.5 Å². The molecule has 158 valence electrons. The number of amides is 1. The summed E-state index contributed by atoms with van der Waals surface area (Å²) in [5.41, 5.74) is 19.0. The average Bonchev–Trinajstić information content (AvgIpc) is 3.28. The van der Waals surface area contributed by atoms with E-state index in [4.69, 9.17) is 17.2 Å². The Morgan fingerprint density at radius 2 is 2.00 bits per heavy atom. The molecular weight excluding hydrogens is 406 g/mol. The molecule has 0 saturated heterocycles. The number of fused-ring (bicyclic) bond motifs is 1. The van der Waals surface area contributed by atoms with Crippen molar-refractivity contribution in [3.63, 3.8) is 0 Å². The monoisotopic (exact) mass is 435 g/mol. The standard InChI is InChI=1S/C11H10N6OS2.C8H19N/c1-19-11-16-15-10(20-11)5-2-7-8(12)6(9(13)18)3-14-17(7)4-5;1-8(2,3)6-4-5-7-9/h2-4H,12H2,1H3,(H2,13,18);4-7,9H2,1-3H3. The molecule has 3 aromatic heterocycles. The van der Waals surface area contributed by atoms with Crippen LogP contribution in [0.5, 0.6) is 0 Å². The third-order valence-corrected chi connectivity index (χ3v) is 6.10. The van der Waals surface area contributed by atoms with Crippen molar-refractivity contribution in [1.82, 2.24) is 19.8 Å². The molecule has 0 aromatic carbocycles. The number of primary amides is 1. The summed E-state index contributed by atoms with van der Waals surface area (Å²) in [5.74, 6) is -0.596. The Balaban J connectivity index is 0.000000284. The zero-order valence-corrected chi connectivity index (χ0v) is 18.9. The number of anilines is 1. The number of carbonyl (C=O) groups excluding carboxylic acids is 1. The molecule has 3 aromatic rings. The molecule has 1 amide bonds. The van der Waals surface area contributed by atoms with Crippen molar-refractivity contribution in [3.05, 3.63) is 24.0 Å². The molecule has 0 atom stereocenters. The van der Waals surface area contributed by atoms with Crippen molar-refractivity contribution in [2.45, 2.75) is 44.4 Å². The second-order valence-corrected chi connectivity index (χ2v) is 9.81. The van der Waals surface area contributed by atoms with Gasteiger partial charge in [-0.3, -0.25) is 4.79 Å². The summed E-state index contributed by atoms with van der Waals surface area (Å²) in [6.07, 6.45) is 8.85. The molecule has 0 unspecified atom stereocenters. The van der Waals surface area contributed by atoms with Crippen LogP contribution in [0.15, 0.2) is 22.8 Å². The topological polar surface area (TPSA) is 138 Å². The summed E-state index contributed by atoms with van der Waals surface area (Å²) in [6, 6.07) is 1.82. The number of carbonyl (C=O) groups is 1. The van der Waals surface area contributed by atoms with E-state index >= 15 is 0 Å². The Kier molecular flexibility index (Phi) is 8.00. The summed E-state index contributed by atoms with van der Waals surface area (Å²) < 4.78 is 2.48. The lowest BCUT2D eigenvalue weighted by atomic mass is 9.90. The molecular formula is C19H29N7OS2. The summed E-state index contributed by atoms with van der Waals surface area (Å²) in [4.78, 5) is 11.3. The molecule has 0 radical (unpaired) electrons. The molecule has 0 fully saturated rings. The summed E-state index contributed by atoms with van der Waals surface area (Å²) in [5, 5.41) is 13.1. The molecule has 6 N–H and O–H groups in total. The third kappa shape index (κ3) is 6.41. The highest BCUT2D eigenvalue weighted by Crippen LogP contribution is 2.31. The minimum absolute atomic E-state index is 0.212. The van der Waals surface area contributed by atoms with Gasteiger partial charge in [0.2, 0.25) is 0 Å². The van der Waals surface area contributed by atoms with Crippen LogP contribution in [0.3, 0.4) is 0 Å². The van der Waals surface area contributed by atoms with Crippen LogP contribution in [0, 0.1) is 5.41 Å². The zero-order chi connectivity index (χ0) is 21.6. The lowest BCUT2D eigenvalue weighted by Gasteiger charge is -2.16. The highest BCUT2D eigenvalue weighted by atomic mass is 32.2. The molecule has 0 aliphatic heterocycles. The second kappa shape index (κ2) is 10.0. The molecule has 3 rings (SSSR count). The molecule has 0 aliphatic rings. The van der Waals surface area contributed by atoms with E-state index in [-0.39, 0.29) is 5.56 Å². The highest BCUT2D eigenvalue weighted by molar-refractivity contribution is 8.00. The summed E-state index contributed by atoms with van der Waals surface area (Å²) in [6.45, 7) is 7.65. The molecule has 0 saturated carbocycles. The van der Waals surface area contributed by atoms with Crippen molar-refractivity contribution in [2.24, 2.45) is 16.9 Å². The van der Waals surface area contributed by atoms with Crippen LogP contribution in [0.1, 0.15) is 50.4 Å². The van der Waals surface area contributed by atoms with Crippen molar-refractivity contribution in [1.29, 1.82) is 0 Å². The fourth-order valence-corrected chi connectivity index (χ4v) is 3.85. The van der Waals surface area contributed by atoms with Gasteiger partial charge in [0.05, 0.1) is 23.0 Å². The van der Waals surface area contributed by atoms with Crippen LogP contribution in [-0.4, -0.2) is 38.5 Å². The first-order chi connectivity index (χ1) is 13.7. The maximum absolute atomic E-state index is 11.3. The Labute approximate surface area is 179 Å². The Morgan fingerprint density at radius 1 is 1.28 bits per heavy atom. The van der Waals surface area contributed by atoms with Gasteiger partial charge in [-0.2, -0.15) is 5.10 Å². The van der Waals surface area contributed by atoms with Crippen LogP contribution in [0.4, 0.5) is 5.69 Å². The van der Waals surface area contributed by atoms with Gasteiger partial charge in [0, 0.05) is 11.8 Å². The molecule has 0 aliphatic carbocycles. The molecule has 0 spiro atoms. The predicted molar refractivity (Wildman–Crippen MR) is 121 cm³/mol. The number of aromatic nitrogens is 4. The van der Waals surface area contributed by atoms with E-state index in [0.29, 0.717) is 16.6 Å². The number of rotatable bonds is 6. The smallest absolute Gasteiger partial charge is 0.252 e. The average molecular weight is 436 g/mol. The van der Waals surface area contributed by atoms with E-state index in [1.165, 1.54) is 48.6 Å². The van der Waals surface area contributed by atoms with Gasteiger partial charge in [0.15, 0.2) is 4.34 Å². The molecule has 10 heteroatoms. The van der Waals surface area contributed by atoms with E-state index in [1.807, 2.05) is 12.3 Å². The van der Waals surface area contributed by atoms with Crippen LogP contribution < -0.4 is 17.2 Å².